The van der Waals surface area contributed by atoms with Crippen LogP contribution in [0.15, 0.2) is 54.9 Å². The van der Waals surface area contributed by atoms with Gasteiger partial charge in [0, 0.05) is 23.5 Å². The smallest absolute Gasteiger partial charge is 0.0439 e. The Bertz CT molecular complexity index is 703. The van der Waals surface area contributed by atoms with E-state index in [0.717, 1.165) is 22.0 Å². The first-order valence-electron chi connectivity index (χ1n) is 5.95. The number of aryl methyl sites for hydroxylation is 1. The highest BCUT2D eigenvalue weighted by molar-refractivity contribution is 6.03. The van der Waals surface area contributed by atoms with Crippen LogP contribution in [0, 0.1) is 6.92 Å². The second-order valence-corrected chi connectivity index (χ2v) is 4.44. The van der Waals surface area contributed by atoms with E-state index in [2.05, 4.69) is 23.2 Å². The van der Waals surface area contributed by atoms with Crippen molar-refractivity contribution < 1.29 is 0 Å². The van der Waals surface area contributed by atoms with Crippen molar-refractivity contribution in [1.29, 1.82) is 0 Å². The van der Waals surface area contributed by atoms with Crippen LogP contribution in [0.25, 0.3) is 21.9 Å². The maximum Gasteiger partial charge on any atom is 0.0439 e. The first kappa shape index (κ1) is 10.8. The van der Waals surface area contributed by atoms with Crippen LogP contribution in [0.1, 0.15) is 5.56 Å². The zero-order chi connectivity index (χ0) is 12.5. The molecule has 0 aliphatic carbocycles. The molecule has 0 saturated heterocycles. The van der Waals surface area contributed by atoms with Crippen molar-refractivity contribution in [3.05, 3.63) is 60.4 Å². The zero-order valence-corrected chi connectivity index (χ0v) is 10.2. The van der Waals surface area contributed by atoms with Crippen LogP contribution in [0.5, 0.6) is 0 Å². The molecule has 18 heavy (non-hydrogen) atoms. The van der Waals surface area contributed by atoms with Gasteiger partial charge < -0.3 is 5.73 Å². The van der Waals surface area contributed by atoms with Gasteiger partial charge in [0.1, 0.15) is 0 Å². The molecule has 0 unspecified atom stereocenters. The maximum absolute atomic E-state index is 6.13. The molecule has 2 aromatic carbocycles. The number of nitrogens with zero attached hydrogens (tertiary/aromatic N) is 1. The molecule has 3 aromatic rings. The van der Waals surface area contributed by atoms with E-state index in [1.54, 1.807) is 0 Å². The second-order valence-electron chi connectivity index (χ2n) is 4.44. The number of benzene rings is 2. The minimum Gasteiger partial charge on any atom is -0.398 e. The van der Waals surface area contributed by atoms with Gasteiger partial charge in [-0.2, -0.15) is 0 Å². The van der Waals surface area contributed by atoms with Crippen LogP contribution in [-0.2, 0) is 0 Å². The van der Waals surface area contributed by atoms with Crippen LogP contribution in [0.4, 0.5) is 5.69 Å². The third kappa shape index (κ3) is 1.63. The lowest BCUT2D eigenvalue weighted by Gasteiger charge is -2.11. The van der Waals surface area contributed by atoms with Crippen molar-refractivity contribution in [3.63, 3.8) is 0 Å². The second kappa shape index (κ2) is 4.15. The summed E-state index contributed by atoms with van der Waals surface area (Å²) in [6.45, 7) is 2.04. The van der Waals surface area contributed by atoms with Crippen LogP contribution in [0.3, 0.4) is 0 Å². The summed E-state index contributed by atoms with van der Waals surface area (Å²) in [5.74, 6) is 0. The molecule has 0 radical (unpaired) electrons. The summed E-state index contributed by atoms with van der Waals surface area (Å²) in [5.41, 5.74) is 10.4. The molecule has 0 aliphatic heterocycles. The lowest BCUT2D eigenvalue weighted by Crippen LogP contribution is -1.94. The van der Waals surface area contributed by atoms with E-state index < -0.39 is 0 Å². The molecule has 2 nitrogen and oxygen atoms in total. The maximum atomic E-state index is 6.13. The Morgan fingerprint density at radius 3 is 2.56 bits per heavy atom. The molecule has 1 aromatic heterocycles. The number of nitrogens with two attached hydrogens (primary N) is 1. The fourth-order valence-electron chi connectivity index (χ4n) is 2.28. The first-order chi connectivity index (χ1) is 8.77. The molecule has 88 valence electrons. The SMILES string of the molecule is Cc1cc(-c2ccccc2)c2ccncc2c1N. The van der Waals surface area contributed by atoms with Crippen molar-refractivity contribution in [2.75, 3.05) is 5.73 Å². The molecule has 0 bridgehead atoms. The van der Waals surface area contributed by atoms with E-state index in [9.17, 15) is 0 Å². The highest BCUT2D eigenvalue weighted by atomic mass is 14.6. The van der Waals surface area contributed by atoms with Gasteiger partial charge in [-0.05, 0) is 41.1 Å². The summed E-state index contributed by atoms with van der Waals surface area (Å²) in [4.78, 5) is 4.17. The number of hydrogen-bond acceptors (Lipinski definition) is 2. The molecule has 0 amide bonds. The van der Waals surface area contributed by atoms with E-state index >= 15 is 0 Å². The normalized spacial score (nSPS) is 10.7. The van der Waals surface area contributed by atoms with Gasteiger partial charge in [0.25, 0.3) is 0 Å². The third-order valence-corrected chi connectivity index (χ3v) is 3.27. The van der Waals surface area contributed by atoms with Gasteiger partial charge in [-0.25, -0.2) is 0 Å². The monoisotopic (exact) mass is 234 g/mol. The largest absolute Gasteiger partial charge is 0.398 e. The van der Waals surface area contributed by atoms with Crippen molar-refractivity contribution in [1.82, 2.24) is 4.98 Å². The minimum absolute atomic E-state index is 0.817. The van der Waals surface area contributed by atoms with Gasteiger partial charge in [-0.3, -0.25) is 4.98 Å². The van der Waals surface area contributed by atoms with E-state index in [1.807, 2.05) is 43.6 Å². The summed E-state index contributed by atoms with van der Waals surface area (Å²) in [6.07, 6.45) is 3.65. The predicted octanol–water partition coefficient (Wildman–Crippen LogP) is 3.79. The Balaban J connectivity index is 2.40. The highest BCUT2D eigenvalue weighted by Gasteiger charge is 2.08. The molecule has 0 spiro atoms. The quantitative estimate of drug-likeness (QED) is 0.650. The van der Waals surface area contributed by atoms with Gasteiger partial charge in [0.05, 0.1) is 0 Å². The molecule has 0 aliphatic rings. The Hall–Kier alpha value is -2.35. The Kier molecular flexibility index (Phi) is 2.49. The number of anilines is 1. The topological polar surface area (TPSA) is 38.9 Å². The molecule has 1 heterocycles. The molecular weight excluding hydrogens is 220 g/mol. The van der Waals surface area contributed by atoms with Gasteiger partial charge in [-0.15, -0.1) is 0 Å². The number of nitrogen functional groups attached to an aromatic ring is 1. The van der Waals surface area contributed by atoms with E-state index in [1.165, 1.54) is 11.1 Å². The fourth-order valence-corrected chi connectivity index (χ4v) is 2.28. The van der Waals surface area contributed by atoms with E-state index in [-0.39, 0.29) is 0 Å². The van der Waals surface area contributed by atoms with Crippen LogP contribution in [-0.4, -0.2) is 4.98 Å². The minimum atomic E-state index is 0.817. The standard InChI is InChI=1S/C16H14N2/c1-11-9-14(12-5-3-2-4-6-12)13-7-8-18-10-15(13)16(11)17/h2-10H,17H2,1H3. The third-order valence-electron chi connectivity index (χ3n) is 3.27. The van der Waals surface area contributed by atoms with Gasteiger partial charge in [0.2, 0.25) is 0 Å². The number of rotatable bonds is 1. The summed E-state index contributed by atoms with van der Waals surface area (Å²) in [7, 11) is 0. The Morgan fingerprint density at radius 1 is 1.00 bits per heavy atom. The number of hydrogen-bond donors (Lipinski definition) is 1. The summed E-state index contributed by atoms with van der Waals surface area (Å²) >= 11 is 0. The molecular formula is C16H14N2. The first-order valence-corrected chi connectivity index (χ1v) is 5.95. The summed E-state index contributed by atoms with van der Waals surface area (Å²) in [6, 6.07) is 14.5. The van der Waals surface area contributed by atoms with Crippen molar-refractivity contribution >= 4 is 16.5 Å². The van der Waals surface area contributed by atoms with Crippen molar-refractivity contribution in [3.8, 4) is 11.1 Å². The average molecular weight is 234 g/mol. The van der Waals surface area contributed by atoms with Crippen molar-refractivity contribution in [2.24, 2.45) is 0 Å². The van der Waals surface area contributed by atoms with Crippen molar-refractivity contribution in [2.45, 2.75) is 6.92 Å². The number of pyridine rings is 1. The molecule has 2 N–H and O–H groups in total. The lowest BCUT2D eigenvalue weighted by molar-refractivity contribution is 1.36. The number of aromatic nitrogens is 1. The lowest BCUT2D eigenvalue weighted by atomic mass is 9.96. The number of fused-ring (bicyclic) bond motifs is 1. The van der Waals surface area contributed by atoms with Crippen LogP contribution >= 0.6 is 0 Å². The predicted molar refractivity (Wildman–Crippen MR) is 76.3 cm³/mol. The molecule has 3 rings (SSSR count). The van der Waals surface area contributed by atoms with Gasteiger partial charge in [-0.1, -0.05) is 30.3 Å². The van der Waals surface area contributed by atoms with Crippen LogP contribution in [0.2, 0.25) is 0 Å². The average Bonchev–Trinajstić information content (AvgIpc) is 2.44. The highest BCUT2D eigenvalue weighted by Crippen LogP contribution is 2.33. The van der Waals surface area contributed by atoms with Gasteiger partial charge in [0.15, 0.2) is 0 Å². The van der Waals surface area contributed by atoms with Crippen LogP contribution < -0.4 is 5.73 Å². The molecule has 0 saturated carbocycles. The summed E-state index contributed by atoms with van der Waals surface area (Å²) in [5, 5.41) is 2.18. The zero-order valence-electron chi connectivity index (χ0n) is 10.2. The summed E-state index contributed by atoms with van der Waals surface area (Å²) < 4.78 is 0. The molecule has 0 fully saturated rings. The Labute approximate surface area is 106 Å². The molecule has 0 atom stereocenters. The van der Waals surface area contributed by atoms with E-state index in [0.29, 0.717) is 0 Å². The van der Waals surface area contributed by atoms with Gasteiger partial charge >= 0.3 is 0 Å². The molecule has 2 heteroatoms. The van der Waals surface area contributed by atoms with E-state index in [4.69, 9.17) is 5.73 Å². The fraction of sp³-hybridized carbons (Fsp3) is 0.0625. The Morgan fingerprint density at radius 2 is 1.78 bits per heavy atom.